The largest absolute Gasteiger partial charge is 0.367 e. The topological polar surface area (TPSA) is 124 Å². The van der Waals surface area contributed by atoms with Crippen molar-refractivity contribution in [3.63, 3.8) is 0 Å². The number of pyridine rings is 1. The minimum absolute atomic E-state index is 0.116. The molecule has 0 bridgehead atoms. The Balaban J connectivity index is 1.35. The minimum Gasteiger partial charge on any atom is -0.367 e. The Morgan fingerprint density at radius 2 is 1.69 bits per heavy atom. The van der Waals surface area contributed by atoms with Gasteiger partial charge in [-0.1, -0.05) is 0 Å². The molecule has 0 aliphatic carbocycles. The molecule has 1 aliphatic heterocycles. The fourth-order valence-electron chi connectivity index (χ4n) is 4.16. The Labute approximate surface area is 224 Å². The van der Waals surface area contributed by atoms with E-state index in [-0.39, 0.29) is 29.8 Å². The molecule has 39 heavy (non-hydrogen) atoms. The van der Waals surface area contributed by atoms with Crippen LogP contribution in [-0.2, 0) is 16.1 Å². The maximum Gasteiger partial charge on any atom is 0.273 e. The van der Waals surface area contributed by atoms with Crippen LogP contribution >= 0.6 is 0 Å². The van der Waals surface area contributed by atoms with Gasteiger partial charge in [0.1, 0.15) is 18.2 Å². The van der Waals surface area contributed by atoms with Crippen molar-refractivity contribution in [2.45, 2.75) is 6.54 Å². The van der Waals surface area contributed by atoms with Gasteiger partial charge in [-0.05, 0) is 36.4 Å². The molecule has 2 aromatic heterocycles. The number of hydrogen-bond acceptors (Lipinski definition) is 7. The van der Waals surface area contributed by atoms with Gasteiger partial charge in [-0.2, -0.15) is 0 Å². The van der Waals surface area contributed by atoms with Crippen molar-refractivity contribution in [1.29, 1.82) is 0 Å². The summed E-state index contributed by atoms with van der Waals surface area (Å²) in [6.07, 6.45) is 3.51. The Hall–Kier alpha value is -4.81. The molecule has 4 amide bonds. The number of benzene rings is 1. The molecule has 3 heterocycles. The number of hydrogen-bond donors (Lipinski definition) is 1. The van der Waals surface area contributed by atoms with Crippen LogP contribution in [0.1, 0.15) is 20.8 Å². The van der Waals surface area contributed by atoms with Crippen molar-refractivity contribution < 1.29 is 23.6 Å². The third-order valence-electron chi connectivity index (χ3n) is 6.27. The number of piperazine rings is 1. The van der Waals surface area contributed by atoms with Crippen LogP contribution in [0.25, 0.3) is 0 Å². The number of halogens is 1. The molecule has 1 aromatic carbocycles. The lowest BCUT2D eigenvalue weighted by molar-refractivity contribution is -0.116. The number of anilines is 3. The Bertz CT molecular complexity index is 1350. The molecule has 0 unspecified atom stereocenters. The van der Waals surface area contributed by atoms with E-state index in [4.69, 9.17) is 0 Å². The predicted molar refractivity (Wildman–Crippen MR) is 142 cm³/mol. The lowest BCUT2D eigenvalue weighted by Crippen LogP contribution is -2.48. The Morgan fingerprint density at radius 1 is 1.00 bits per heavy atom. The number of imidazole rings is 1. The summed E-state index contributed by atoms with van der Waals surface area (Å²) in [6.45, 7) is 2.01. The number of carbonyl (C=O) groups excluding carboxylic acids is 4. The van der Waals surface area contributed by atoms with Crippen molar-refractivity contribution in [3.05, 3.63) is 66.0 Å². The van der Waals surface area contributed by atoms with Crippen LogP contribution in [0.15, 0.2) is 48.9 Å². The molecule has 3 aromatic rings. The van der Waals surface area contributed by atoms with Gasteiger partial charge in [0.15, 0.2) is 11.5 Å². The summed E-state index contributed by atoms with van der Waals surface area (Å²) in [5, 5.41) is 2.71. The zero-order valence-electron chi connectivity index (χ0n) is 21.9. The van der Waals surface area contributed by atoms with Crippen molar-refractivity contribution in [3.8, 4) is 0 Å². The predicted octanol–water partition coefficient (Wildman–Crippen LogP) is 1.31. The van der Waals surface area contributed by atoms with Crippen LogP contribution in [0.4, 0.5) is 21.7 Å². The first-order chi connectivity index (χ1) is 18.7. The van der Waals surface area contributed by atoms with Crippen LogP contribution in [0, 0.1) is 5.82 Å². The molecular formula is C26H29FN8O4. The zero-order chi connectivity index (χ0) is 28.1. The van der Waals surface area contributed by atoms with Gasteiger partial charge in [0.05, 0.1) is 18.2 Å². The summed E-state index contributed by atoms with van der Waals surface area (Å²) < 4.78 is 14.5. The van der Waals surface area contributed by atoms with Gasteiger partial charge >= 0.3 is 0 Å². The monoisotopic (exact) mass is 536 g/mol. The number of amides is 4. The molecule has 204 valence electrons. The van der Waals surface area contributed by atoms with Crippen LogP contribution < -0.4 is 15.1 Å². The highest BCUT2D eigenvalue weighted by Crippen LogP contribution is 2.20. The minimum atomic E-state index is -0.423. The van der Waals surface area contributed by atoms with E-state index in [1.54, 1.807) is 31.3 Å². The highest BCUT2D eigenvalue weighted by Gasteiger charge is 2.25. The maximum atomic E-state index is 13.1. The molecule has 0 atom stereocenters. The van der Waals surface area contributed by atoms with E-state index in [2.05, 4.69) is 20.2 Å². The molecule has 0 radical (unpaired) electrons. The van der Waals surface area contributed by atoms with E-state index < -0.39 is 11.8 Å². The van der Waals surface area contributed by atoms with E-state index in [0.29, 0.717) is 44.0 Å². The SMILES string of the molecule is CN(C)C(=O)c1c(N(C)C=O)ncn1CC(=O)Nc1ccc(N2CCN(C(=O)c3ccc(F)cc3)CC2)cn1. The molecule has 0 saturated carbocycles. The van der Waals surface area contributed by atoms with E-state index in [0.717, 1.165) is 5.69 Å². The van der Waals surface area contributed by atoms with Gasteiger partial charge < -0.3 is 29.5 Å². The van der Waals surface area contributed by atoms with Crippen molar-refractivity contribution >= 4 is 41.5 Å². The molecule has 0 spiro atoms. The van der Waals surface area contributed by atoms with Gasteiger partial charge in [-0.15, -0.1) is 0 Å². The number of rotatable bonds is 8. The van der Waals surface area contributed by atoms with Gasteiger partial charge in [0.2, 0.25) is 12.3 Å². The smallest absolute Gasteiger partial charge is 0.273 e. The summed E-state index contributed by atoms with van der Waals surface area (Å²) in [4.78, 5) is 64.1. The second-order valence-corrected chi connectivity index (χ2v) is 9.20. The average Bonchev–Trinajstić information content (AvgIpc) is 3.35. The highest BCUT2D eigenvalue weighted by atomic mass is 19.1. The first-order valence-electron chi connectivity index (χ1n) is 12.2. The second-order valence-electron chi connectivity index (χ2n) is 9.20. The maximum absolute atomic E-state index is 13.1. The fourth-order valence-corrected chi connectivity index (χ4v) is 4.16. The Kier molecular flexibility index (Phi) is 8.18. The second kappa shape index (κ2) is 11.7. The van der Waals surface area contributed by atoms with E-state index >= 15 is 0 Å². The number of nitrogens with zero attached hydrogens (tertiary/aromatic N) is 7. The Morgan fingerprint density at radius 3 is 2.28 bits per heavy atom. The summed E-state index contributed by atoms with van der Waals surface area (Å²) >= 11 is 0. The molecule has 1 fully saturated rings. The third kappa shape index (κ3) is 6.20. The van der Waals surface area contributed by atoms with Crippen LogP contribution in [0.3, 0.4) is 0 Å². The summed E-state index contributed by atoms with van der Waals surface area (Å²) in [5.41, 5.74) is 1.41. The van der Waals surface area contributed by atoms with Crippen LogP contribution in [0.2, 0.25) is 0 Å². The molecule has 1 N–H and O–H groups in total. The van der Waals surface area contributed by atoms with E-state index in [1.165, 1.54) is 52.0 Å². The van der Waals surface area contributed by atoms with Gasteiger partial charge in [-0.25, -0.2) is 14.4 Å². The lowest BCUT2D eigenvalue weighted by atomic mass is 10.1. The number of aromatic nitrogens is 3. The molecule has 13 heteroatoms. The van der Waals surface area contributed by atoms with Gasteiger partial charge in [0.25, 0.3) is 11.8 Å². The van der Waals surface area contributed by atoms with Gasteiger partial charge in [-0.3, -0.25) is 19.2 Å². The first-order valence-corrected chi connectivity index (χ1v) is 12.2. The van der Waals surface area contributed by atoms with E-state index in [1.807, 2.05) is 6.07 Å². The third-order valence-corrected chi connectivity index (χ3v) is 6.27. The van der Waals surface area contributed by atoms with Crippen molar-refractivity contribution in [2.24, 2.45) is 0 Å². The quantitative estimate of drug-likeness (QED) is 0.431. The molecular weight excluding hydrogens is 507 g/mol. The molecule has 1 saturated heterocycles. The number of nitrogens with one attached hydrogen (secondary N) is 1. The van der Waals surface area contributed by atoms with Crippen LogP contribution in [0.5, 0.6) is 0 Å². The number of carbonyl (C=O) groups is 4. The summed E-state index contributed by atoms with van der Waals surface area (Å²) in [5.74, 6) is -0.854. The van der Waals surface area contributed by atoms with Crippen LogP contribution in [-0.4, -0.2) is 95.8 Å². The summed E-state index contributed by atoms with van der Waals surface area (Å²) in [7, 11) is 4.61. The average molecular weight is 537 g/mol. The van der Waals surface area contributed by atoms with Crippen molar-refractivity contribution in [2.75, 3.05) is 62.4 Å². The molecule has 1 aliphatic rings. The first kappa shape index (κ1) is 27.2. The van der Waals surface area contributed by atoms with Crippen molar-refractivity contribution in [1.82, 2.24) is 24.3 Å². The zero-order valence-corrected chi connectivity index (χ0v) is 21.9. The lowest BCUT2D eigenvalue weighted by Gasteiger charge is -2.36. The molecule has 4 rings (SSSR count). The normalized spacial score (nSPS) is 13.1. The standard InChI is InChI=1S/C26H29FN8O4/c1-31(2)26(39)23-24(32(3)17-36)29-16-35(23)15-22(37)30-21-9-8-20(14-28-21)33-10-12-34(13-11-33)25(38)18-4-6-19(27)7-5-18/h4-9,14,16-17H,10-13,15H2,1-3H3,(H,28,30,37). The van der Waals surface area contributed by atoms with Gasteiger partial charge in [0, 0.05) is 52.9 Å². The highest BCUT2D eigenvalue weighted by molar-refractivity contribution is 6.00. The summed E-state index contributed by atoms with van der Waals surface area (Å²) in [6, 6.07) is 9.02. The van der Waals surface area contributed by atoms with E-state index in [9.17, 15) is 23.6 Å². The molecule has 12 nitrogen and oxygen atoms in total. The fraction of sp³-hybridized carbons (Fsp3) is 0.308.